The molecule has 38 heteroatoms. The van der Waals surface area contributed by atoms with E-state index in [0.717, 1.165) is 14.2 Å². The lowest BCUT2D eigenvalue weighted by atomic mass is 9.84. The zero-order chi connectivity index (χ0) is 57.7. The van der Waals surface area contributed by atoms with E-state index in [1.807, 2.05) is 0 Å². The third-order valence-corrected chi connectivity index (χ3v) is 12.7. The summed E-state index contributed by atoms with van der Waals surface area (Å²) in [6.07, 6.45) is -24.8. The molecule has 8 N–H and O–H groups in total. The van der Waals surface area contributed by atoms with Crippen LogP contribution in [0.1, 0.15) is 19.3 Å². The standard InChI is InChI=1S/C39H76O34P4/c1-54-10-14-60-18-22-64-30-28(58-5)31(65-23-19-61-15-11-55-2)38(72-76(48,49)50)35(37(30)71-75(45,46)47)69-27(41)9-7-8-26(40)68-34-29(59-6)32(66-24-20-62-16-12-56-3)36(70-74(42,43)44)33(39(34)73-77(51,52)53)67-25-21-63-17-13-57-4/h28-39H,7-25H2,1-6H3,(H2,42,43,44)(H2,45,46,47)(H2,48,49,50)(H2,51,52,53)/t28-,29-,30-,31+,32-,33-,34-,35+,36+,37+,38-,39+/m1/s1. The average molecular weight is 1210 g/mol. The summed E-state index contributed by atoms with van der Waals surface area (Å²) in [5.74, 6) is -2.52. The van der Waals surface area contributed by atoms with Gasteiger partial charge in [-0.2, -0.15) is 0 Å². The van der Waals surface area contributed by atoms with Gasteiger partial charge < -0.3 is 115 Å². The molecule has 77 heavy (non-hydrogen) atoms. The summed E-state index contributed by atoms with van der Waals surface area (Å²) in [6, 6.07) is 0. The van der Waals surface area contributed by atoms with E-state index in [0.29, 0.717) is 0 Å². The number of carbonyl (C=O) groups excluding carboxylic acids is 2. The highest BCUT2D eigenvalue weighted by molar-refractivity contribution is 7.47. The van der Waals surface area contributed by atoms with Gasteiger partial charge in [0.05, 0.1) is 106 Å². The van der Waals surface area contributed by atoms with Crippen LogP contribution in [0.3, 0.4) is 0 Å². The zero-order valence-corrected chi connectivity index (χ0v) is 46.9. The molecule has 0 heterocycles. The number of rotatable bonds is 44. The van der Waals surface area contributed by atoms with Gasteiger partial charge in [0.2, 0.25) is 0 Å². The Hall–Kier alpha value is -1.18. The van der Waals surface area contributed by atoms with Crippen LogP contribution in [0, 0.1) is 0 Å². The van der Waals surface area contributed by atoms with Gasteiger partial charge in [-0.3, -0.25) is 27.7 Å². The number of hydrogen-bond donors (Lipinski definition) is 8. The number of esters is 2. The van der Waals surface area contributed by atoms with Crippen molar-refractivity contribution in [3.05, 3.63) is 0 Å². The lowest BCUT2D eigenvalue weighted by Gasteiger charge is -2.48. The van der Waals surface area contributed by atoms with E-state index in [4.69, 9.17) is 93.9 Å². The molecule has 0 aliphatic heterocycles. The number of phosphoric acid groups is 4. The molecule has 0 aromatic heterocycles. The fourth-order valence-corrected chi connectivity index (χ4v) is 9.90. The molecule has 0 aromatic rings. The molecule has 2 fully saturated rings. The van der Waals surface area contributed by atoms with E-state index in [1.165, 1.54) is 28.4 Å². The van der Waals surface area contributed by atoms with Crippen LogP contribution in [0.5, 0.6) is 0 Å². The summed E-state index contributed by atoms with van der Waals surface area (Å²) in [6.45, 7) is -1.01. The van der Waals surface area contributed by atoms with E-state index in [-0.39, 0.29) is 99.1 Å². The molecule has 456 valence electrons. The molecule has 2 rings (SSSR count). The lowest BCUT2D eigenvalue weighted by Crippen LogP contribution is -2.67. The topological polar surface area (TPSA) is 449 Å². The second kappa shape index (κ2) is 37.8. The van der Waals surface area contributed by atoms with E-state index < -0.39 is 142 Å². The Morgan fingerprint density at radius 3 is 0.779 bits per heavy atom. The third-order valence-electron chi connectivity index (χ3n) is 10.6. The van der Waals surface area contributed by atoms with Gasteiger partial charge in [0.25, 0.3) is 0 Å². The molecule has 2 aliphatic carbocycles. The van der Waals surface area contributed by atoms with E-state index in [9.17, 15) is 67.0 Å². The van der Waals surface area contributed by atoms with Gasteiger partial charge in [0.15, 0.2) is 12.2 Å². The lowest BCUT2D eigenvalue weighted by molar-refractivity contribution is -0.254. The van der Waals surface area contributed by atoms with Crippen LogP contribution in [0.4, 0.5) is 0 Å². The van der Waals surface area contributed by atoms with Gasteiger partial charge in [-0.1, -0.05) is 0 Å². The molecule has 0 aromatic carbocycles. The van der Waals surface area contributed by atoms with Crippen LogP contribution in [0.25, 0.3) is 0 Å². The second-order valence-electron chi connectivity index (χ2n) is 16.2. The molecule has 2 saturated carbocycles. The predicted octanol–water partition coefficient (Wildman–Crippen LogP) is -1.86. The molecule has 34 nitrogen and oxygen atoms in total. The molecule has 0 saturated heterocycles. The van der Waals surface area contributed by atoms with E-state index in [2.05, 4.69) is 0 Å². The Morgan fingerprint density at radius 2 is 0.532 bits per heavy atom. The Kier molecular flexibility index (Phi) is 35.3. The van der Waals surface area contributed by atoms with Crippen LogP contribution in [-0.2, 0) is 122 Å². The molecular formula is C39H76O34P4. The minimum Gasteiger partial charge on any atom is -0.457 e. The first-order valence-electron chi connectivity index (χ1n) is 23.5. The minimum absolute atomic E-state index is 0.0593. The maximum absolute atomic E-state index is 13.8. The summed E-state index contributed by atoms with van der Waals surface area (Å²) in [7, 11) is -14.6. The largest absolute Gasteiger partial charge is 0.470 e. The highest BCUT2D eigenvalue weighted by Gasteiger charge is 2.60. The monoisotopic (exact) mass is 1210 g/mol. The first-order valence-corrected chi connectivity index (χ1v) is 29.6. The highest BCUT2D eigenvalue weighted by Crippen LogP contribution is 2.50. The number of phosphoric ester groups is 4. The van der Waals surface area contributed by atoms with Crippen molar-refractivity contribution in [3.8, 4) is 0 Å². The molecule has 2 aliphatic rings. The molecule has 0 amide bonds. The van der Waals surface area contributed by atoms with Crippen molar-refractivity contribution >= 4 is 43.2 Å². The molecule has 0 bridgehead atoms. The van der Waals surface area contributed by atoms with Crippen molar-refractivity contribution in [2.45, 2.75) is 92.5 Å². The quantitative estimate of drug-likeness (QED) is 0.0188. The van der Waals surface area contributed by atoms with Crippen molar-refractivity contribution < 1.29 is 161 Å². The molecule has 0 radical (unpaired) electrons. The van der Waals surface area contributed by atoms with Gasteiger partial charge in [-0.25, -0.2) is 18.3 Å². The zero-order valence-electron chi connectivity index (χ0n) is 43.3. The third kappa shape index (κ3) is 29.1. The Labute approximate surface area is 444 Å². The summed E-state index contributed by atoms with van der Waals surface area (Å²) in [4.78, 5) is 108. The van der Waals surface area contributed by atoms with Crippen molar-refractivity contribution in [1.29, 1.82) is 0 Å². The maximum atomic E-state index is 13.8. The van der Waals surface area contributed by atoms with Crippen LogP contribution in [0.2, 0.25) is 0 Å². The maximum Gasteiger partial charge on any atom is 0.470 e. The van der Waals surface area contributed by atoms with Crippen LogP contribution < -0.4 is 0 Å². The van der Waals surface area contributed by atoms with Gasteiger partial charge in [0, 0.05) is 55.5 Å². The fraction of sp³-hybridized carbons (Fsp3) is 0.949. The first kappa shape index (κ1) is 71.9. The van der Waals surface area contributed by atoms with Crippen molar-refractivity contribution in [1.82, 2.24) is 0 Å². The second-order valence-corrected chi connectivity index (χ2v) is 20.9. The van der Waals surface area contributed by atoms with Gasteiger partial charge in [0.1, 0.15) is 61.0 Å². The van der Waals surface area contributed by atoms with Crippen LogP contribution in [0.15, 0.2) is 0 Å². The van der Waals surface area contributed by atoms with Gasteiger partial charge in [-0.05, 0) is 6.42 Å². The van der Waals surface area contributed by atoms with Crippen LogP contribution >= 0.6 is 31.3 Å². The minimum atomic E-state index is -5.63. The van der Waals surface area contributed by atoms with Gasteiger partial charge in [-0.15, -0.1) is 0 Å². The molecule has 12 atom stereocenters. The summed E-state index contributed by atoms with van der Waals surface area (Å²) in [5.41, 5.74) is 0. The van der Waals surface area contributed by atoms with Crippen LogP contribution in [-0.4, -0.2) is 273 Å². The van der Waals surface area contributed by atoms with Gasteiger partial charge >= 0.3 is 43.2 Å². The summed E-state index contributed by atoms with van der Waals surface area (Å²) in [5, 5.41) is 0. The smallest absolute Gasteiger partial charge is 0.457 e. The summed E-state index contributed by atoms with van der Waals surface area (Å²) < 4.78 is 158. The first-order chi connectivity index (χ1) is 36.3. The Morgan fingerprint density at radius 1 is 0.312 bits per heavy atom. The fourth-order valence-electron chi connectivity index (χ4n) is 7.67. The number of methoxy groups -OCH3 is 6. The van der Waals surface area contributed by atoms with Crippen molar-refractivity contribution in [3.63, 3.8) is 0 Å². The number of ether oxygens (including phenoxy) is 16. The highest BCUT2D eigenvalue weighted by atomic mass is 31.2. The normalized spacial score (nSPS) is 26.5. The molecular weight excluding hydrogens is 1140 g/mol. The number of hydrogen-bond acceptors (Lipinski definition) is 26. The Balaban J connectivity index is 2.56. The number of carbonyl (C=O) groups is 2. The van der Waals surface area contributed by atoms with E-state index >= 15 is 0 Å². The molecule has 0 unspecified atom stereocenters. The predicted molar refractivity (Wildman–Crippen MR) is 253 cm³/mol. The average Bonchev–Trinajstić information content (AvgIpc) is 3.32. The molecule has 0 spiro atoms. The summed E-state index contributed by atoms with van der Waals surface area (Å²) >= 11 is 0. The van der Waals surface area contributed by atoms with E-state index in [1.54, 1.807) is 0 Å². The van der Waals surface area contributed by atoms with Crippen molar-refractivity contribution in [2.24, 2.45) is 0 Å². The SMILES string of the molecule is COCCOCCO[C@@H]1[C@@H](OC)[C@@H](OC(=O)CCCC(=O)O[C@@H]2[C@H](OP(=O)(O)O)[C@@H](OCCOCCOC)[C@H](OC)[C@@H](OCCOCCOC)[C@@H]2OP(=O)(O)O)[C@@H](OP(=O)(O)O)[C@H](OCCOCCOC)[C@H]1OP(=O)(O)O. The van der Waals surface area contributed by atoms with Crippen molar-refractivity contribution in [2.75, 3.05) is 148 Å². The Bertz CT molecular complexity index is 1760.